The molecule has 0 bridgehead atoms. The minimum Gasteiger partial charge on any atom is -0.357 e. The average molecular weight is 298 g/mol. The number of hydrogen-bond donors (Lipinski definition) is 1. The molecule has 2 heterocycles. The van der Waals surface area contributed by atoms with Gasteiger partial charge in [-0.1, -0.05) is 0 Å². The third kappa shape index (κ3) is 2.44. The van der Waals surface area contributed by atoms with E-state index in [4.69, 9.17) is 0 Å². The van der Waals surface area contributed by atoms with Crippen molar-refractivity contribution in [1.82, 2.24) is 10.3 Å². The van der Waals surface area contributed by atoms with Crippen LogP contribution in [0.3, 0.4) is 0 Å². The number of carbonyl (C=O) groups is 1. The van der Waals surface area contributed by atoms with E-state index in [1.807, 2.05) is 19.1 Å². The summed E-state index contributed by atoms with van der Waals surface area (Å²) in [5.74, 6) is 0.960. The second kappa shape index (κ2) is 5.04. The van der Waals surface area contributed by atoms with Gasteiger partial charge in [-0.3, -0.25) is 4.79 Å². The molecule has 92 valence electrons. The van der Waals surface area contributed by atoms with Gasteiger partial charge in [0.05, 0.1) is 5.69 Å². The number of amides is 1. The minimum atomic E-state index is -0.0759. The standard InChI is InChI=1S/C12H16BrN3O/c1-8-9(13)5-6-11(15-8)16-7-3-4-10(16)12(17)14-2/h5-6,10H,3-4,7H2,1-2H3,(H,14,17). The minimum absolute atomic E-state index is 0.0740. The van der Waals surface area contributed by atoms with Gasteiger partial charge in [-0.15, -0.1) is 0 Å². The number of hydrogen-bond acceptors (Lipinski definition) is 3. The number of rotatable bonds is 2. The molecule has 0 radical (unpaired) electrons. The van der Waals surface area contributed by atoms with Crippen molar-refractivity contribution < 1.29 is 4.79 Å². The van der Waals surface area contributed by atoms with Gasteiger partial charge in [0, 0.05) is 18.1 Å². The maximum Gasteiger partial charge on any atom is 0.242 e. The molecule has 1 aliphatic rings. The summed E-state index contributed by atoms with van der Waals surface area (Å²) < 4.78 is 0.997. The SMILES string of the molecule is CNC(=O)C1CCCN1c1ccc(Br)c(C)n1. The molecule has 1 atom stereocenters. The fraction of sp³-hybridized carbons (Fsp3) is 0.500. The Balaban J connectivity index is 2.26. The van der Waals surface area contributed by atoms with Crippen molar-refractivity contribution in [3.63, 3.8) is 0 Å². The number of nitrogens with one attached hydrogen (secondary N) is 1. The summed E-state index contributed by atoms with van der Waals surface area (Å²) in [5.41, 5.74) is 0.949. The quantitative estimate of drug-likeness (QED) is 0.906. The summed E-state index contributed by atoms with van der Waals surface area (Å²) in [5, 5.41) is 2.72. The number of likely N-dealkylation sites (N-methyl/N-ethyl adjacent to an activating group) is 1. The predicted molar refractivity (Wildman–Crippen MR) is 71.1 cm³/mol. The van der Waals surface area contributed by atoms with Crippen molar-refractivity contribution >= 4 is 27.7 Å². The first kappa shape index (κ1) is 12.4. The molecule has 17 heavy (non-hydrogen) atoms. The van der Waals surface area contributed by atoms with Gasteiger partial charge >= 0.3 is 0 Å². The highest BCUT2D eigenvalue weighted by molar-refractivity contribution is 9.10. The van der Waals surface area contributed by atoms with Crippen LogP contribution in [0.25, 0.3) is 0 Å². The lowest BCUT2D eigenvalue weighted by atomic mass is 10.2. The third-order valence-corrected chi connectivity index (χ3v) is 3.94. The lowest BCUT2D eigenvalue weighted by Crippen LogP contribution is -2.42. The van der Waals surface area contributed by atoms with E-state index >= 15 is 0 Å². The maximum atomic E-state index is 11.8. The van der Waals surface area contributed by atoms with E-state index in [-0.39, 0.29) is 11.9 Å². The molecular formula is C12H16BrN3O. The molecule has 1 fully saturated rings. The average Bonchev–Trinajstić information content (AvgIpc) is 2.80. The predicted octanol–water partition coefficient (Wildman–Crippen LogP) is 1.87. The maximum absolute atomic E-state index is 11.8. The highest BCUT2D eigenvalue weighted by Crippen LogP contribution is 2.26. The molecule has 1 aliphatic heterocycles. The van der Waals surface area contributed by atoms with E-state index in [1.165, 1.54) is 0 Å². The molecule has 0 spiro atoms. The Morgan fingerprint density at radius 1 is 1.59 bits per heavy atom. The molecule has 4 nitrogen and oxygen atoms in total. The van der Waals surface area contributed by atoms with E-state index in [9.17, 15) is 4.79 Å². The zero-order valence-corrected chi connectivity index (χ0v) is 11.6. The first-order valence-corrected chi connectivity index (χ1v) is 6.54. The van der Waals surface area contributed by atoms with Crippen LogP contribution in [-0.2, 0) is 4.79 Å². The Hall–Kier alpha value is -1.10. The van der Waals surface area contributed by atoms with Gasteiger partial charge in [-0.25, -0.2) is 4.98 Å². The number of anilines is 1. The Morgan fingerprint density at radius 2 is 2.35 bits per heavy atom. The van der Waals surface area contributed by atoms with Gasteiger partial charge in [-0.05, 0) is 47.8 Å². The highest BCUT2D eigenvalue weighted by Gasteiger charge is 2.30. The lowest BCUT2D eigenvalue weighted by Gasteiger charge is -2.24. The van der Waals surface area contributed by atoms with Gasteiger partial charge in [0.1, 0.15) is 11.9 Å². The molecule has 1 aromatic rings. The van der Waals surface area contributed by atoms with Crippen molar-refractivity contribution in [2.24, 2.45) is 0 Å². The number of halogens is 1. The van der Waals surface area contributed by atoms with E-state index < -0.39 is 0 Å². The molecule has 1 unspecified atom stereocenters. The van der Waals surface area contributed by atoms with Crippen molar-refractivity contribution in [2.45, 2.75) is 25.8 Å². The first-order chi connectivity index (χ1) is 8.13. The second-order valence-corrected chi connectivity index (χ2v) is 5.06. The number of carbonyl (C=O) groups excluding carboxylic acids is 1. The second-order valence-electron chi connectivity index (χ2n) is 4.20. The topological polar surface area (TPSA) is 45.2 Å². The molecule has 0 saturated carbocycles. The first-order valence-electron chi connectivity index (χ1n) is 5.75. The molecule has 5 heteroatoms. The molecule has 1 aromatic heterocycles. The van der Waals surface area contributed by atoms with Crippen LogP contribution >= 0.6 is 15.9 Å². The summed E-state index contributed by atoms with van der Waals surface area (Å²) in [6.07, 6.45) is 1.94. The Labute approximate surface area is 110 Å². The van der Waals surface area contributed by atoms with E-state index in [1.54, 1.807) is 7.05 Å². The summed E-state index contributed by atoms with van der Waals surface area (Å²) in [6.45, 7) is 2.85. The summed E-state index contributed by atoms with van der Waals surface area (Å²) >= 11 is 3.44. The zero-order chi connectivity index (χ0) is 12.4. The summed E-state index contributed by atoms with van der Waals surface area (Å²) in [7, 11) is 1.68. The van der Waals surface area contributed by atoms with Crippen molar-refractivity contribution in [1.29, 1.82) is 0 Å². The molecule has 0 aliphatic carbocycles. The molecule has 1 N–H and O–H groups in total. The summed E-state index contributed by atoms with van der Waals surface area (Å²) in [4.78, 5) is 18.4. The van der Waals surface area contributed by atoms with Crippen LogP contribution in [0.15, 0.2) is 16.6 Å². The van der Waals surface area contributed by atoms with Gasteiger partial charge in [0.2, 0.25) is 5.91 Å². The van der Waals surface area contributed by atoms with Crippen LogP contribution in [0.2, 0.25) is 0 Å². The van der Waals surface area contributed by atoms with Crippen LogP contribution in [0.1, 0.15) is 18.5 Å². The molecular weight excluding hydrogens is 282 g/mol. The normalized spacial score (nSPS) is 19.5. The van der Waals surface area contributed by atoms with E-state index in [0.717, 1.165) is 35.4 Å². The Bertz CT molecular complexity index is 436. The molecule has 1 amide bonds. The monoisotopic (exact) mass is 297 g/mol. The van der Waals surface area contributed by atoms with Crippen molar-refractivity contribution in [2.75, 3.05) is 18.5 Å². The molecule has 2 rings (SSSR count). The van der Waals surface area contributed by atoms with Crippen molar-refractivity contribution in [3.8, 4) is 0 Å². The van der Waals surface area contributed by atoms with E-state index in [0.29, 0.717) is 0 Å². The van der Waals surface area contributed by atoms with Crippen LogP contribution in [0.4, 0.5) is 5.82 Å². The summed E-state index contributed by atoms with van der Waals surface area (Å²) in [6, 6.07) is 3.86. The Morgan fingerprint density at radius 3 is 3.00 bits per heavy atom. The van der Waals surface area contributed by atoms with Gasteiger partial charge in [0.25, 0.3) is 0 Å². The number of aryl methyl sites for hydroxylation is 1. The largest absolute Gasteiger partial charge is 0.357 e. The van der Waals surface area contributed by atoms with Crippen LogP contribution in [0, 0.1) is 6.92 Å². The lowest BCUT2D eigenvalue weighted by molar-refractivity contribution is -0.121. The molecule has 0 aromatic carbocycles. The smallest absolute Gasteiger partial charge is 0.242 e. The number of nitrogens with zero attached hydrogens (tertiary/aromatic N) is 2. The number of pyridine rings is 1. The van der Waals surface area contributed by atoms with Crippen LogP contribution in [-0.4, -0.2) is 30.5 Å². The van der Waals surface area contributed by atoms with Gasteiger partial charge in [0.15, 0.2) is 0 Å². The Kier molecular flexibility index (Phi) is 3.66. The fourth-order valence-corrected chi connectivity index (χ4v) is 2.39. The third-order valence-electron chi connectivity index (χ3n) is 3.10. The van der Waals surface area contributed by atoms with Gasteiger partial charge < -0.3 is 10.2 Å². The van der Waals surface area contributed by atoms with Gasteiger partial charge in [-0.2, -0.15) is 0 Å². The van der Waals surface area contributed by atoms with Crippen molar-refractivity contribution in [3.05, 3.63) is 22.3 Å². The zero-order valence-electron chi connectivity index (χ0n) is 10.0. The van der Waals surface area contributed by atoms with Crippen LogP contribution < -0.4 is 10.2 Å². The van der Waals surface area contributed by atoms with E-state index in [2.05, 4.69) is 31.1 Å². The van der Waals surface area contributed by atoms with Crippen LogP contribution in [0.5, 0.6) is 0 Å². The fourth-order valence-electron chi connectivity index (χ4n) is 2.17. The molecule has 1 saturated heterocycles. The number of aromatic nitrogens is 1. The highest BCUT2D eigenvalue weighted by atomic mass is 79.9.